The topological polar surface area (TPSA) is 65.7 Å². The van der Waals surface area contributed by atoms with E-state index in [0.717, 1.165) is 13.1 Å². The van der Waals surface area contributed by atoms with Gasteiger partial charge in [-0.3, -0.25) is 9.69 Å². The van der Waals surface area contributed by atoms with Crippen molar-refractivity contribution in [2.24, 2.45) is 11.8 Å². The Balaban J connectivity index is 2.34. The summed E-state index contributed by atoms with van der Waals surface area (Å²) in [4.78, 5) is 14.2. The summed E-state index contributed by atoms with van der Waals surface area (Å²) in [6, 6.07) is 1.32. The molecule has 1 aliphatic rings. The van der Waals surface area contributed by atoms with Crippen molar-refractivity contribution in [1.82, 2.24) is 9.47 Å². The van der Waals surface area contributed by atoms with Gasteiger partial charge >= 0.3 is 0 Å². The van der Waals surface area contributed by atoms with Gasteiger partial charge in [0.2, 0.25) is 5.43 Å². The van der Waals surface area contributed by atoms with Gasteiger partial charge in [0.25, 0.3) is 0 Å². The average Bonchev–Trinajstić information content (AvgIpc) is 2.42. The van der Waals surface area contributed by atoms with Crippen molar-refractivity contribution in [1.29, 1.82) is 0 Å². The van der Waals surface area contributed by atoms with Crippen LogP contribution in [0.15, 0.2) is 10.9 Å². The Hall–Kier alpha value is -1.33. The zero-order valence-electron chi connectivity index (χ0n) is 13.2. The van der Waals surface area contributed by atoms with Crippen molar-refractivity contribution in [3.8, 4) is 5.75 Å². The Kier molecular flexibility index (Phi) is 5.06. The highest BCUT2D eigenvalue weighted by atomic mass is 16.3. The van der Waals surface area contributed by atoms with Crippen molar-refractivity contribution in [2.75, 3.05) is 13.1 Å². The van der Waals surface area contributed by atoms with E-state index in [1.807, 2.05) is 11.5 Å². The Morgan fingerprint density at radius 2 is 1.90 bits per heavy atom. The van der Waals surface area contributed by atoms with Crippen molar-refractivity contribution in [3.05, 3.63) is 27.7 Å². The number of aromatic hydroxyl groups is 1. The summed E-state index contributed by atoms with van der Waals surface area (Å²) >= 11 is 0. The summed E-state index contributed by atoms with van der Waals surface area (Å²) in [6.45, 7) is 9.36. The van der Waals surface area contributed by atoms with E-state index in [1.165, 1.54) is 12.5 Å². The zero-order valence-corrected chi connectivity index (χ0v) is 13.2. The van der Waals surface area contributed by atoms with Crippen molar-refractivity contribution in [3.63, 3.8) is 0 Å². The number of hydrogen-bond acceptors (Lipinski definition) is 4. The molecule has 0 aromatic carbocycles. The molecule has 1 aromatic heterocycles. The molecule has 0 aliphatic carbocycles. The number of hydrogen-bond donors (Lipinski definition) is 2. The predicted octanol–water partition coefficient (Wildman–Crippen LogP) is 1.54. The molecule has 5 heteroatoms. The maximum Gasteiger partial charge on any atom is 0.223 e. The van der Waals surface area contributed by atoms with E-state index in [1.54, 1.807) is 0 Å². The van der Waals surface area contributed by atoms with Crippen LogP contribution >= 0.6 is 0 Å². The second kappa shape index (κ2) is 6.62. The van der Waals surface area contributed by atoms with Crippen molar-refractivity contribution < 1.29 is 10.2 Å². The molecule has 2 unspecified atom stereocenters. The third-order valence-electron chi connectivity index (χ3n) is 4.27. The number of pyridine rings is 1. The molecule has 2 heterocycles. The Bertz CT molecular complexity index is 543. The minimum absolute atomic E-state index is 0.181. The average molecular weight is 294 g/mol. The van der Waals surface area contributed by atoms with Crippen LogP contribution in [-0.4, -0.2) is 32.8 Å². The molecular weight excluding hydrogens is 268 g/mol. The van der Waals surface area contributed by atoms with Gasteiger partial charge in [0.05, 0.1) is 12.3 Å². The van der Waals surface area contributed by atoms with Crippen LogP contribution in [0, 0.1) is 11.8 Å². The van der Waals surface area contributed by atoms with Crippen LogP contribution in [0.25, 0.3) is 0 Å². The molecule has 5 nitrogen and oxygen atoms in total. The smallest absolute Gasteiger partial charge is 0.223 e. The van der Waals surface area contributed by atoms with Gasteiger partial charge in [0, 0.05) is 37.9 Å². The number of aromatic nitrogens is 1. The number of rotatable bonds is 4. The third-order valence-corrected chi connectivity index (χ3v) is 4.27. The number of likely N-dealkylation sites (tertiary alicyclic amines) is 1. The van der Waals surface area contributed by atoms with Crippen LogP contribution in [0.5, 0.6) is 5.75 Å². The van der Waals surface area contributed by atoms with Gasteiger partial charge in [0.1, 0.15) is 0 Å². The molecule has 2 N–H and O–H groups in total. The van der Waals surface area contributed by atoms with Gasteiger partial charge in [-0.05, 0) is 25.2 Å². The number of aliphatic hydroxyl groups is 1. The first-order chi connectivity index (χ1) is 9.96. The van der Waals surface area contributed by atoms with Crippen LogP contribution in [-0.2, 0) is 19.7 Å². The highest BCUT2D eigenvalue weighted by Crippen LogP contribution is 2.24. The predicted molar refractivity (Wildman–Crippen MR) is 82.2 cm³/mol. The van der Waals surface area contributed by atoms with Crippen LogP contribution in [0.1, 0.15) is 38.6 Å². The van der Waals surface area contributed by atoms with Gasteiger partial charge in [-0.1, -0.05) is 13.8 Å². The van der Waals surface area contributed by atoms with E-state index in [0.29, 0.717) is 36.3 Å². The van der Waals surface area contributed by atoms with E-state index in [4.69, 9.17) is 0 Å². The Morgan fingerprint density at radius 3 is 2.43 bits per heavy atom. The summed E-state index contributed by atoms with van der Waals surface area (Å²) < 4.78 is 1.85. The molecule has 2 atom stereocenters. The Morgan fingerprint density at radius 1 is 1.29 bits per heavy atom. The van der Waals surface area contributed by atoms with Gasteiger partial charge in [-0.2, -0.15) is 0 Å². The number of nitrogens with zero attached hydrogens (tertiary/aromatic N) is 2. The minimum Gasteiger partial charge on any atom is -0.503 e. The molecule has 118 valence electrons. The van der Waals surface area contributed by atoms with E-state index >= 15 is 0 Å². The van der Waals surface area contributed by atoms with E-state index in [9.17, 15) is 15.0 Å². The van der Waals surface area contributed by atoms with Crippen LogP contribution in [0.4, 0.5) is 0 Å². The van der Waals surface area contributed by atoms with E-state index in [2.05, 4.69) is 18.7 Å². The fraction of sp³-hybridized carbons (Fsp3) is 0.688. The van der Waals surface area contributed by atoms with E-state index in [-0.39, 0.29) is 12.4 Å². The fourth-order valence-electron chi connectivity index (χ4n) is 3.56. The molecule has 1 saturated heterocycles. The standard InChI is InChI=1S/C16H26N2O3/c1-4-18-13(10-19)6-15(20)16(21)14(18)9-17-7-11(2)5-12(3)8-17/h6,11-12,19,21H,4-5,7-10H2,1-3H3. The summed E-state index contributed by atoms with van der Waals surface area (Å²) in [6.07, 6.45) is 1.22. The lowest BCUT2D eigenvalue weighted by molar-refractivity contribution is 0.129. The SMILES string of the molecule is CCn1c(CO)cc(=O)c(O)c1CN1CC(C)CC(C)C1. The molecular formula is C16H26N2O3. The minimum atomic E-state index is -0.406. The molecule has 0 saturated carbocycles. The molecule has 1 aliphatic heterocycles. The summed E-state index contributed by atoms with van der Waals surface area (Å²) in [5, 5.41) is 19.6. The third kappa shape index (κ3) is 3.47. The molecule has 0 radical (unpaired) electrons. The molecule has 1 aromatic rings. The molecule has 0 bridgehead atoms. The van der Waals surface area contributed by atoms with Crippen LogP contribution in [0.2, 0.25) is 0 Å². The monoisotopic (exact) mass is 294 g/mol. The first-order valence-electron chi connectivity index (χ1n) is 7.74. The molecule has 1 fully saturated rings. The quantitative estimate of drug-likeness (QED) is 0.884. The molecule has 0 amide bonds. The van der Waals surface area contributed by atoms with Gasteiger partial charge in [-0.25, -0.2) is 0 Å². The highest BCUT2D eigenvalue weighted by Gasteiger charge is 2.24. The van der Waals surface area contributed by atoms with Crippen molar-refractivity contribution >= 4 is 0 Å². The summed E-state index contributed by atoms with van der Waals surface area (Å²) in [7, 11) is 0. The maximum atomic E-state index is 11.9. The van der Waals surface area contributed by atoms with E-state index < -0.39 is 5.43 Å². The maximum absolute atomic E-state index is 11.9. The largest absolute Gasteiger partial charge is 0.503 e. The van der Waals surface area contributed by atoms with Gasteiger partial charge < -0.3 is 14.8 Å². The molecule has 0 spiro atoms. The second-order valence-corrected chi connectivity index (χ2v) is 6.34. The molecule has 21 heavy (non-hydrogen) atoms. The lowest BCUT2D eigenvalue weighted by Gasteiger charge is -2.35. The summed E-state index contributed by atoms with van der Waals surface area (Å²) in [5.74, 6) is 1.07. The Labute approximate surface area is 125 Å². The zero-order chi connectivity index (χ0) is 15.6. The fourth-order valence-corrected chi connectivity index (χ4v) is 3.56. The van der Waals surface area contributed by atoms with Crippen molar-refractivity contribution in [2.45, 2.75) is 46.9 Å². The lowest BCUT2D eigenvalue weighted by atomic mass is 9.92. The highest BCUT2D eigenvalue weighted by molar-refractivity contribution is 5.30. The first-order valence-corrected chi connectivity index (χ1v) is 7.74. The number of piperidine rings is 1. The van der Waals surface area contributed by atoms with Gasteiger partial charge in [0.15, 0.2) is 5.75 Å². The normalized spacial score (nSPS) is 23.4. The van der Waals surface area contributed by atoms with Gasteiger partial charge in [-0.15, -0.1) is 0 Å². The van der Waals surface area contributed by atoms with Crippen LogP contribution in [0.3, 0.4) is 0 Å². The number of aliphatic hydroxyl groups excluding tert-OH is 1. The lowest BCUT2D eigenvalue weighted by Crippen LogP contribution is -2.39. The first kappa shape index (κ1) is 16.0. The molecule has 2 rings (SSSR count). The van der Waals surface area contributed by atoms with Crippen LogP contribution < -0.4 is 5.43 Å². The summed E-state index contributed by atoms with van der Waals surface area (Å²) in [5.41, 5.74) is 0.778. The second-order valence-electron chi connectivity index (χ2n) is 6.34.